The average Bonchev–Trinajstić information content (AvgIpc) is 3.98. The molecule has 66 heavy (non-hydrogen) atoms. The number of nitrogens with one attached hydrogen (secondary N) is 7. The molecule has 0 spiro atoms. The molecule has 28 heteroatoms. The first kappa shape index (κ1) is 56.3. The van der Waals surface area contributed by atoms with Crippen molar-refractivity contribution in [2.24, 2.45) is 22.2 Å². The number of thioether (sulfide) groups is 1. The molecule has 2 aliphatic heterocycles. The summed E-state index contributed by atoms with van der Waals surface area (Å²) >= 11 is 1.50. The number of nitrogens with zero attached hydrogens (tertiary/aromatic N) is 3. The highest BCUT2D eigenvalue weighted by Gasteiger charge is 2.45. The zero-order valence-corrected chi connectivity index (χ0v) is 38.0. The zero-order chi connectivity index (χ0) is 49.7. The number of aliphatic hydroxyl groups excluding tert-OH is 3. The van der Waals surface area contributed by atoms with Crippen LogP contribution in [0.5, 0.6) is 0 Å². The maximum atomic E-state index is 14.1. The van der Waals surface area contributed by atoms with E-state index in [4.69, 9.17) is 27.4 Å². The van der Waals surface area contributed by atoms with Gasteiger partial charge in [0.2, 0.25) is 53.2 Å². The molecule has 0 bridgehead atoms. The SMILES string of the molecule is CSCC[C@H](N)C(=O)N[C@@H](C)C(=O)N[C@H](C(=O)N1CCC[C@H]1C(=O)N1CCC[C@H]1C(=O)N[C@@H](CCCN=C(N)N)C(=O)NCC(=O)NCC(=O)N[C@@H](CO)C(=O)N[C@@H](CO)C(=O)O)[C@@H](C)O. The van der Waals surface area contributed by atoms with E-state index >= 15 is 0 Å². The molecular formula is C38H65N13O14S. The van der Waals surface area contributed by atoms with E-state index in [1.807, 2.05) is 11.6 Å². The Morgan fingerprint density at radius 1 is 0.727 bits per heavy atom. The standard InChI is InChI=1S/C38H65N13O14S/c1-19(45-31(58)21(39)10-14-66-3)30(57)49-29(20(2)54)36(63)51-13-6-9-26(51)35(62)50-12-5-8-25(50)34(61)47-22(7-4-11-42-38(40)41)32(59)44-15-27(55)43-16-28(56)46-23(17-52)33(60)48-24(18-53)37(64)65/h19-26,29,52-54H,4-18,39H2,1-3H3,(H,43,55)(H,44,59)(H,45,58)(H,46,56)(H,47,61)(H,48,60)(H,49,57)(H,64,65)(H4,40,41,42)/t19-,20+,21-,22-,23-,24-,25-,26-,29-/m0/s1. The second-order valence-electron chi connectivity index (χ2n) is 15.6. The van der Waals surface area contributed by atoms with Gasteiger partial charge in [-0.15, -0.1) is 0 Å². The van der Waals surface area contributed by atoms with Crippen molar-refractivity contribution >= 4 is 76.9 Å². The summed E-state index contributed by atoms with van der Waals surface area (Å²) < 4.78 is 0. The summed E-state index contributed by atoms with van der Waals surface area (Å²) in [6.07, 6.45) is 2.17. The minimum atomic E-state index is -1.70. The maximum Gasteiger partial charge on any atom is 0.328 e. The number of aliphatic hydroxyl groups is 3. The fourth-order valence-electron chi connectivity index (χ4n) is 6.86. The van der Waals surface area contributed by atoms with Gasteiger partial charge >= 0.3 is 5.97 Å². The minimum absolute atomic E-state index is 0.0346. The molecular weight excluding hydrogens is 895 g/mol. The third-order valence-corrected chi connectivity index (χ3v) is 11.2. The number of guanidine groups is 1. The van der Waals surface area contributed by atoms with Crippen LogP contribution >= 0.6 is 11.8 Å². The second-order valence-corrected chi connectivity index (χ2v) is 16.6. The van der Waals surface area contributed by atoms with Gasteiger partial charge in [-0.2, -0.15) is 11.8 Å². The highest BCUT2D eigenvalue weighted by atomic mass is 32.2. The normalized spacial score (nSPS) is 18.8. The van der Waals surface area contributed by atoms with Crippen LogP contribution in [0.2, 0.25) is 0 Å². The van der Waals surface area contributed by atoms with E-state index < -0.39 is 140 Å². The van der Waals surface area contributed by atoms with Crippen LogP contribution in [0.25, 0.3) is 0 Å². The summed E-state index contributed by atoms with van der Waals surface area (Å²) in [6.45, 7) is -0.369. The molecule has 2 heterocycles. The molecule has 9 amide bonds. The van der Waals surface area contributed by atoms with Crippen molar-refractivity contribution in [3.8, 4) is 0 Å². The Labute approximate surface area is 384 Å². The molecule has 372 valence electrons. The van der Waals surface area contributed by atoms with Crippen LogP contribution in [0.3, 0.4) is 0 Å². The van der Waals surface area contributed by atoms with Gasteiger partial charge in [-0.05, 0) is 70.8 Å². The molecule has 0 unspecified atom stereocenters. The number of aliphatic imine (C=N–C) groups is 1. The number of carbonyl (C=O) groups excluding carboxylic acids is 9. The van der Waals surface area contributed by atoms with Gasteiger partial charge in [-0.3, -0.25) is 48.1 Å². The summed E-state index contributed by atoms with van der Waals surface area (Å²) in [5.41, 5.74) is 16.7. The summed E-state index contributed by atoms with van der Waals surface area (Å²) in [6, 6.07) is -10.2. The number of likely N-dealkylation sites (tertiary alicyclic amines) is 2. The van der Waals surface area contributed by atoms with E-state index in [0.29, 0.717) is 25.0 Å². The van der Waals surface area contributed by atoms with E-state index in [2.05, 4.69) is 36.9 Å². The molecule has 9 atom stereocenters. The van der Waals surface area contributed by atoms with Gasteiger partial charge in [0.05, 0.1) is 38.4 Å². The van der Waals surface area contributed by atoms with Gasteiger partial charge in [-0.25, -0.2) is 4.79 Å². The van der Waals surface area contributed by atoms with Crippen LogP contribution < -0.4 is 54.4 Å². The quantitative estimate of drug-likeness (QED) is 0.0207. The molecule has 2 rings (SSSR count). The van der Waals surface area contributed by atoms with Crippen molar-refractivity contribution in [3.63, 3.8) is 0 Å². The number of amides is 9. The summed E-state index contributed by atoms with van der Waals surface area (Å²) in [5, 5.41) is 54.3. The molecule has 2 aliphatic rings. The van der Waals surface area contributed by atoms with Crippen molar-refractivity contribution in [1.29, 1.82) is 0 Å². The first-order valence-electron chi connectivity index (χ1n) is 21.3. The van der Waals surface area contributed by atoms with Gasteiger partial charge < -0.3 is 84.6 Å². The monoisotopic (exact) mass is 959 g/mol. The van der Waals surface area contributed by atoms with Gasteiger partial charge in [0.15, 0.2) is 5.96 Å². The van der Waals surface area contributed by atoms with E-state index in [1.54, 1.807) is 0 Å². The third-order valence-electron chi connectivity index (χ3n) is 10.5. The molecule has 0 saturated carbocycles. The lowest BCUT2D eigenvalue weighted by Crippen LogP contribution is -2.60. The molecule has 0 aliphatic carbocycles. The highest BCUT2D eigenvalue weighted by Crippen LogP contribution is 2.26. The minimum Gasteiger partial charge on any atom is -0.480 e. The Hall–Kier alpha value is -5.84. The molecule has 17 N–H and O–H groups in total. The van der Waals surface area contributed by atoms with Crippen molar-refractivity contribution in [2.45, 2.75) is 113 Å². The number of rotatable bonds is 27. The van der Waals surface area contributed by atoms with Crippen LogP contribution in [0.1, 0.15) is 58.8 Å². The number of carboxylic acids is 1. The summed E-state index contributed by atoms with van der Waals surface area (Å²) in [5.74, 6) is -8.34. The van der Waals surface area contributed by atoms with Gasteiger partial charge in [-0.1, -0.05) is 0 Å². The zero-order valence-electron chi connectivity index (χ0n) is 37.2. The maximum absolute atomic E-state index is 14.1. The number of hydrogen-bond donors (Lipinski definition) is 14. The molecule has 2 saturated heterocycles. The fraction of sp³-hybridized carbons (Fsp3) is 0.711. The number of hydrogen-bond acceptors (Lipinski definition) is 16. The summed E-state index contributed by atoms with van der Waals surface area (Å²) in [4.78, 5) is 135. The largest absolute Gasteiger partial charge is 0.480 e. The van der Waals surface area contributed by atoms with Gasteiger partial charge in [0.25, 0.3) is 0 Å². The fourth-order valence-corrected chi connectivity index (χ4v) is 7.35. The van der Waals surface area contributed by atoms with Crippen molar-refractivity contribution in [3.05, 3.63) is 0 Å². The van der Waals surface area contributed by atoms with Crippen LogP contribution in [-0.2, 0) is 47.9 Å². The number of nitrogens with two attached hydrogens (primary N) is 3. The van der Waals surface area contributed by atoms with Crippen LogP contribution in [0, 0.1) is 0 Å². The van der Waals surface area contributed by atoms with E-state index in [9.17, 15) is 58.2 Å². The van der Waals surface area contributed by atoms with Crippen LogP contribution in [-0.4, -0.2) is 208 Å². The lowest BCUT2D eigenvalue weighted by atomic mass is 10.1. The molecule has 0 aromatic heterocycles. The Balaban J connectivity index is 2.10. The van der Waals surface area contributed by atoms with Crippen molar-refractivity contribution in [2.75, 3.05) is 57.9 Å². The average molecular weight is 960 g/mol. The Morgan fingerprint density at radius 3 is 1.94 bits per heavy atom. The van der Waals surface area contributed by atoms with E-state index in [1.165, 1.54) is 35.4 Å². The lowest BCUT2D eigenvalue weighted by molar-refractivity contribution is -0.149. The molecule has 27 nitrogen and oxygen atoms in total. The third kappa shape index (κ3) is 17.9. The first-order valence-corrected chi connectivity index (χ1v) is 22.6. The van der Waals surface area contributed by atoms with E-state index in [-0.39, 0.29) is 51.3 Å². The summed E-state index contributed by atoms with van der Waals surface area (Å²) in [7, 11) is 0. The van der Waals surface area contributed by atoms with Gasteiger partial charge in [0.1, 0.15) is 42.3 Å². The van der Waals surface area contributed by atoms with Crippen molar-refractivity contribution < 1.29 is 68.4 Å². The topological polar surface area (TPSA) is 433 Å². The number of carboxylic acid groups (broad SMARTS) is 1. The number of aliphatic carboxylic acids is 1. The molecule has 0 aromatic carbocycles. The second kappa shape index (κ2) is 28.3. The number of carbonyl (C=O) groups is 10. The highest BCUT2D eigenvalue weighted by molar-refractivity contribution is 7.98. The van der Waals surface area contributed by atoms with E-state index in [0.717, 1.165) is 0 Å². The molecule has 2 fully saturated rings. The van der Waals surface area contributed by atoms with Crippen molar-refractivity contribution in [1.82, 2.24) is 47.0 Å². The molecule has 0 radical (unpaired) electrons. The first-order chi connectivity index (χ1) is 31.2. The Morgan fingerprint density at radius 2 is 1.35 bits per heavy atom. The van der Waals surface area contributed by atoms with Gasteiger partial charge in [0, 0.05) is 19.6 Å². The lowest BCUT2D eigenvalue weighted by Gasteiger charge is -2.34. The predicted octanol–water partition coefficient (Wildman–Crippen LogP) is -7.77. The Bertz CT molecular complexity index is 1770. The predicted molar refractivity (Wildman–Crippen MR) is 235 cm³/mol. The van der Waals surface area contributed by atoms with Crippen LogP contribution in [0.15, 0.2) is 4.99 Å². The van der Waals surface area contributed by atoms with Crippen LogP contribution in [0.4, 0.5) is 0 Å². The smallest absolute Gasteiger partial charge is 0.328 e. The molecule has 0 aromatic rings. The Kier molecular flexibility index (Phi) is 24.1.